The molecule has 2 rings (SSSR count). The van der Waals surface area contributed by atoms with Crippen LogP contribution in [0.3, 0.4) is 0 Å². The zero-order chi connectivity index (χ0) is 16.8. The third kappa shape index (κ3) is 4.65. The second-order valence-corrected chi connectivity index (χ2v) is 5.53. The standard InChI is InChI=1S/C20H20O3/c1-14-4-6-16(7-5-14)12-15(2)19(21)13-17-8-10-18(11-9-17)20(22)23-3/h4-12H,13H2,1-3H3/b15-12+. The van der Waals surface area contributed by atoms with E-state index in [4.69, 9.17) is 0 Å². The summed E-state index contributed by atoms with van der Waals surface area (Å²) in [7, 11) is 1.35. The lowest BCUT2D eigenvalue weighted by molar-refractivity contribution is -0.114. The molecule has 2 aromatic rings. The zero-order valence-corrected chi connectivity index (χ0v) is 13.6. The van der Waals surface area contributed by atoms with E-state index in [9.17, 15) is 9.59 Å². The van der Waals surface area contributed by atoms with Gasteiger partial charge in [-0.15, -0.1) is 0 Å². The zero-order valence-electron chi connectivity index (χ0n) is 13.6. The lowest BCUT2D eigenvalue weighted by atomic mass is 10.0. The van der Waals surface area contributed by atoms with Crippen molar-refractivity contribution in [2.45, 2.75) is 20.3 Å². The number of ketones is 1. The van der Waals surface area contributed by atoms with E-state index in [0.29, 0.717) is 17.6 Å². The van der Waals surface area contributed by atoms with Crippen LogP contribution in [-0.4, -0.2) is 18.9 Å². The van der Waals surface area contributed by atoms with E-state index in [1.165, 1.54) is 12.7 Å². The third-order valence-corrected chi connectivity index (χ3v) is 3.64. The first-order chi connectivity index (χ1) is 11.0. The molecule has 3 heteroatoms. The van der Waals surface area contributed by atoms with Crippen LogP contribution in [0.2, 0.25) is 0 Å². The number of methoxy groups -OCH3 is 1. The minimum atomic E-state index is -0.377. The molecule has 0 amide bonds. The summed E-state index contributed by atoms with van der Waals surface area (Å²) in [6.07, 6.45) is 2.21. The molecule has 0 aliphatic rings. The van der Waals surface area contributed by atoms with Crippen LogP contribution in [0.4, 0.5) is 0 Å². The first-order valence-corrected chi connectivity index (χ1v) is 7.45. The lowest BCUT2D eigenvalue weighted by Crippen LogP contribution is -2.05. The third-order valence-electron chi connectivity index (χ3n) is 3.64. The summed E-state index contributed by atoms with van der Waals surface area (Å²) in [5, 5.41) is 0. The smallest absolute Gasteiger partial charge is 0.337 e. The summed E-state index contributed by atoms with van der Waals surface area (Å²) >= 11 is 0. The molecule has 2 aromatic carbocycles. The highest BCUT2D eigenvalue weighted by molar-refractivity contribution is 6.00. The van der Waals surface area contributed by atoms with E-state index in [0.717, 1.165) is 11.1 Å². The second-order valence-electron chi connectivity index (χ2n) is 5.53. The fourth-order valence-corrected chi connectivity index (χ4v) is 2.19. The topological polar surface area (TPSA) is 43.4 Å². The van der Waals surface area contributed by atoms with Gasteiger partial charge < -0.3 is 4.74 Å². The number of carbonyl (C=O) groups is 2. The van der Waals surface area contributed by atoms with Crippen LogP contribution in [-0.2, 0) is 16.0 Å². The molecule has 0 radical (unpaired) electrons. The van der Waals surface area contributed by atoms with Gasteiger partial charge in [0.05, 0.1) is 12.7 Å². The van der Waals surface area contributed by atoms with Gasteiger partial charge in [-0.2, -0.15) is 0 Å². The van der Waals surface area contributed by atoms with Gasteiger partial charge in [-0.3, -0.25) is 4.79 Å². The molecule has 0 saturated heterocycles. The van der Waals surface area contributed by atoms with E-state index in [2.05, 4.69) is 4.74 Å². The van der Waals surface area contributed by atoms with Crippen molar-refractivity contribution >= 4 is 17.8 Å². The van der Waals surface area contributed by atoms with Gasteiger partial charge in [0.25, 0.3) is 0 Å². The maximum absolute atomic E-state index is 12.3. The number of ether oxygens (including phenoxy) is 1. The highest BCUT2D eigenvalue weighted by Crippen LogP contribution is 2.12. The molecule has 0 aliphatic carbocycles. The average molecular weight is 308 g/mol. The fourth-order valence-electron chi connectivity index (χ4n) is 2.19. The number of rotatable bonds is 5. The average Bonchev–Trinajstić information content (AvgIpc) is 2.56. The van der Waals surface area contributed by atoms with Gasteiger partial charge in [0.15, 0.2) is 5.78 Å². The van der Waals surface area contributed by atoms with E-state index >= 15 is 0 Å². The van der Waals surface area contributed by atoms with Crippen molar-refractivity contribution in [3.8, 4) is 0 Å². The van der Waals surface area contributed by atoms with E-state index < -0.39 is 0 Å². The summed E-state index contributed by atoms with van der Waals surface area (Å²) in [6.45, 7) is 3.86. The Morgan fingerprint density at radius 2 is 1.61 bits per heavy atom. The number of hydrogen-bond donors (Lipinski definition) is 0. The van der Waals surface area contributed by atoms with Crippen molar-refractivity contribution in [1.82, 2.24) is 0 Å². The summed E-state index contributed by atoms with van der Waals surface area (Å²) in [6, 6.07) is 15.0. The molecule has 0 heterocycles. The number of hydrogen-bond acceptors (Lipinski definition) is 3. The SMILES string of the molecule is COC(=O)c1ccc(CC(=O)/C(C)=C/c2ccc(C)cc2)cc1. The van der Waals surface area contributed by atoms with Gasteiger partial charge in [-0.1, -0.05) is 42.0 Å². The van der Waals surface area contributed by atoms with Crippen LogP contribution in [0.1, 0.15) is 34.0 Å². The summed E-state index contributed by atoms with van der Waals surface area (Å²) in [5.41, 5.74) is 4.28. The Balaban J connectivity index is 2.06. The molecule has 0 spiro atoms. The maximum Gasteiger partial charge on any atom is 0.337 e. The lowest BCUT2D eigenvalue weighted by Gasteiger charge is -2.04. The van der Waals surface area contributed by atoms with Gasteiger partial charge in [0.2, 0.25) is 0 Å². The summed E-state index contributed by atoms with van der Waals surface area (Å²) in [5.74, 6) is -0.310. The van der Waals surface area contributed by atoms with E-state index in [1.807, 2.05) is 44.2 Å². The van der Waals surface area contributed by atoms with Crippen molar-refractivity contribution in [1.29, 1.82) is 0 Å². The van der Waals surface area contributed by atoms with Gasteiger partial charge in [-0.05, 0) is 48.8 Å². The molecule has 0 bridgehead atoms. The maximum atomic E-state index is 12.3. The van der Waals surface area contributed by atoms with Crippen LogP contribution in [0.25, 0.3) is 6.08 Å². The van der Waals surface area contributed by atoms with Crippen molar-refractivity contribution in [3.63, 3.8) is 0 Å². The van der Waals surface area contributed by atoms with Crippen molar-refractivity contribution in [3.05, 3.63) is 76.4 Å². The Kier molecular flexibility index (Phi) is 5.47. The molecule has 3 nitrogen and oxygen atoms in total. The Morgan fingerprint density at radius 3 is 2.17 bits per heavy atom. The van der Waals surface area contributed by atoms with Crippen LogP contribution in [0.5, 0.6) is 0 Å². The van der Waals surface area contributed by atoms with Gasteiger partial charge in [0.1, 0.15) is 0 Å². The van der Waals surface area contributed by atoms with Crippen LogP contribution < -0.4 is 0 Å². The van der Waals surface area contributed by atoms with Gasteiger partial charge in [-0.25, -0.2) is 4.79 Å². The fraction of sp³-hybridized carbons (Fsp3) is 0.200. The van der Waals surface area contributed by atoms with E-state index in [1.54, 1.807) is 24.3 Å². The van der Waals surface area contributed by atoms with Gasteiger partial charge >= 0.3 is 5.97 Å². The Bertz CT molecular complexity index is 722. The van der Waals surface area contributed by atoms with Crippen LogP contribution >= 0.6 is 0 Å². The highest BCUT2D eigenvalue weighted by atomic mass is 16.5. The molecule has 0 atom stereocenters. The minimum Gasteiger partial charge on any atom is -0.465 e. The predicted octanol–water partition coefficient (Wildman–Crippen LogP) is 4.00. The molecule has 0 fully saturated rings. The second kappa shape index (κ2) is 7.54. The summed E-state index contributed by atoms with van der Waals surface area (Å²) < 4.78 is 4.66. The summed E-state index contributed by atoms with van der Waals surface area (Å²) in [4.78, 5) is 23.7. The Morgan fingerprint density at radius 1 is 1.00 bits per heavy atom. The number of benzene rings is 2. The minimum absolute atomic E-state index is 0.0661. The molecule has 0 aromatic heterocycles. The molecule has 0 saturated carbocycles. The Labute approximate surface area is 136 Å². The largest absolute Gasteiger partial charge is 0.465 e. The number of aryl methyl sites for hydroxylation is 1. The number of Topliss-reactive ketones (excluding diaryl/α,β-unsaturated/α-hetero) is 1. The molecule has 118 valence electrons. The molecule has 23 heavy (non-hydrogen) atoms. The predicted molar refractivity (Wildman–Crippen MR) is 91.3 cm³/mol. The van der Waals surface area contributed by atoms with Crippen molar-refractivity contribution in [2.75, 3.05) is 7.11 Å². The molecule has 0 aliphatic heterocycles. The van der Waals surface area contributed by atoms with Crippen LogP contribution in [0, 0.1) is 6.92 Å². The first-order valence-electron chi connectivity index (χ1n) is 7.45. The monoisotopic (exact) mass is 308 g/mol. The van der Waals surface area contributed by atoms with Crippen LogP contribution in [0.15, 0.2) is 54.1 Å². The first kappa shape index (κ1) is 16.7. The van der Waals surface area contributed by atoms with Crippen molar-refractivity contribution < 1.29 is 14.3 Å². The Hall–Kier alpha value is -2.68. The van der Waals surface area contributed by atoms with E-state index in [-0.39, 0.29) is 11.8 Å². The highest BCUT2D eigenvalue weighted by Gasteiger charge is 2.08. The molecular weight excluding hydrogens is 288 g/mol. The normalized spacial score (nSPS) is 11.2. The number of esters is 1. The van der Waals surface area contributed by atoms with Gasteiger partial charge in [0, 0.05) is 6.42 Å². The number of carbonyl (C=O) groups excluding carboxylic acids is 2. The van der Waals surface area contributed by atoms with Crippen molar-refractivity contribution in [2.24, 2.45) is 0 Å². The quantitative estimate of drug-likeness (QED) is 0.619. The molecule has 0 N–H and O–H groups in total. The molecule has 0 unspecified atom stereocenters. The molecular formula is C20H20O3. The number of allylic oxidation sites excluding steroid dienone is 1.